The van der Waals surface area contributed by atoms with Crippen LogP contribution in [-0.4, -0.2) is 23.1 Å². The molecule has 4 nitrogen and oxygen atoms in total. The lowest BCUT2D eigenvalue weighted by Gasteiger charge is -2.18. The molecule has 0 bridgehead atoms. The minimum Gasteiger partial charge on any atom is -0.477 e. The number of hydrogen-bond acceptors (Lipinski definition) is 4. The highest BCUT2D eigenvalue weighted by molar-refractivity contribution is 5.31. The third kappa shape index (κ3) is 4.46. The van der Waals surface area contributed by atoms with Crippen LogP contribution in [0, 0.1) is 0 Å². The minimum atomic E-state index is 0.773. The quantitative estimate of drug-likeness (QED) is 0.733. The van der Waals surface area contributed by atoms with E-state index in [9.17, 15) is 0 Å². The van der Waals surface area contributed by atoms with Gasteiger partial charge in [-0.1, -0.05) is 39.0 Å². The van der Waals surface area contributed by atoms with E-state index in [1.54, 1.807) is 6.33 Å². The van der Waals surface area contributed by atoms with Crippen LogP contribution in [0.3, 0.4) is 0 Å². The summed E-state index contributed by atoms with van der Waals surface area (Å²) in [4.78, 5) is 8.59. The van der Waals surface area contributed by atoms with Crippen LogP contribution in [0.15, 0.2) is 6.33 Å². The molecule has 106 valence electrons. The Labute approximate surface area is 116 Å². The number of nitrogens with zero attached hydrogens (tertiary/aromatic N) is 2. The maximum atomic E-state index is 5.82. The fourth-order valence-corrected chi connectivity index (χ4v) is 2.42. The first-order valence-corrected chi connectivity index (χ1v) is 7.58. The first kappa shape index (κ1) is 14.3. The van der Waals surface area contributed by atoms with E-state index in [0.717, 1.165) is 49.7 Å². The first-order chi connectivity index (χ1) is 9.42. The minimum absolute atomic E-state index is 0.773. The Morgan fingerprint density at radius 1 is 1.16 bits per heavy atom. The average molecular weight is 263 g/mol. The van der Waals surface area contributed by atoms with Crippen molar-refractivity contribution < 1.29 is 4.74 Å². The Morgan fingerprint density at radius 3 is 2.89 bits per heavy atom. The van der Waals surface area contributed by atoms with Crippen molar-refractivity contribution in [1.82, 2.24) is 15.3 Å². The average Bonchev–Trinajstić information content (AvgIpc) is 2.46. The Morgan fingerprint density at radius 2 is 2.00 bits per heavy atom. The number of aromatic nitrogens is 2. The first-order valence-electron chi connectivity index (χ1n) is 7.58. The Balaban J connectivity index is 1.71. The molecule has 0 spiro atoms. The zero-order valence-electron chi connectivity index (χ0n) is 12.0. The van der Waals surface area contributed by atoms with Gasteiger partial charge < -0.3 is 10.1 Å². The summed E-state index contributed by atoms with van der Waals surface area (Å²) in [6, 6.07) is 0. The summed E-state index contributed by atoms with van der Waals surface area (Å²) >= 11 is 0. The summed E-state index contributed by atoms with van der Waals surface area (Å²) in [6.07, 6.45) is 10.3. The number of unbranched alkanes of at least 4 members (excludes halogenated alkanes) is 5. The molecule has 2 rings (SSSR count). The van der Waals surface area contributed by atoms with E-state index in [2.05, 4.69) is 22.2 Å². The SMILES string of the molecule is CCCCCCCCOc1ncnc2c1CNCC2. The van der Waals surface area contributed by atoms with Gasteiger partial charge >= 0.3 is 0 Å². The lowest BCUT2D eigenvalue weighted by molar-refractivity contribution is 0.287. The zero-order chi connectivity index (χ0) is 13.3. The molecule has 1 N–H and O–H groups in total. The van der Waals surface area contributed by atoms with Crippen LogP contribution in [0.5, 0.6) is 5.88 Å². The van der Waals surface area contributed by atoms with Gasteiger partial charge in [-0.05, 0) is 6.42 Å². The second kappa shape index (κ2) is 8.10. The van der Waals surface area contributed by atoms with E-state index in [1.807, 2.05) is 0 Å². The number of nitrogens with one attached hydrogen (secondary N) is 1. The molecule has 19 heavy (non-hydrogen) atoms. The molecule has 0 atom stereocenters. The van der Waals surface area contributed by atoms with Crippen molar-refractivity contribution in [2.45, 2.75) is 58.4 Å². The van der Waals surface area contributed by atoms with Gasteiger partial charge in [0.15, 0.2) is 0 Å². The fourth-order valence-electron chi connectivity index (χ4n) is 2.42. The van der Waals surface area contributed by atoms with Crippen LogP contribution in [0.1, 0.15) is 56.7 Å². The summed E-state index contributed by atoms with van der Waals surface area (Å²) in [7, 11) is 0. The van der Waals surface area contributed by atoms with E-state index < -0.39 is 0 Å². The Hall–Kier alpha value is -1.16. The van der Waals surface area contributed by atoms with E-state index in [0.29, 0.717) is 0 Å². The van der Waals surface area contributed by atoms with E-state index in [-0.39, 0.29) is 0 Å². The molecule has 0 unspecified atom stereocenters. The lowest BCUT2D eigenvalue weighted by atomic mass is 10.1. The van der Waals surface area contributed by atoms with Gasteiger partial charge in [0, 0.05) is 25.1 Å². The van der Waals surface area contributed by atoms with Gasteiger partial charge in [0.2, 0.25) is 5.88 Å². The highest BCUT2D eigenvalue weighted by Gasteiger charge is 2.15. The lowest BCUT2D eigenvalue weighted by Crippen LogP contribution is -2.25. The van der Waals surface area contributed by atoms with Gasteiger partial charge in [-0.15, -0.1) is 0 Å². The molecule has 0 aromatic carbocycles. The number of hydrogen-bond donors (Lipinski definition) is 1. The van der Waals surface area contributed by atoms with E-state index in [4.69, 9.17) is 4.74 Å². The summed E-state index contributed by atoms with van der Waals surface area (Å²) in [5.74, 6) is 0.783. The van der Waals surface area contributed by atoms with Crippen LogP contribution in [-0.2, 0) is 13.0 Å². The van der Waals surface area contributed by atoms with Gasteiger partial charge in [-0.3, -0.25) is 0 Å². The van der Waals surface area contributed by atoms with Crippen molar-refractivity contribution in [2.24, 2.45) is 0 Å². The zero-order valence-corrected chi connectivity index (χ0v) is 12.0. The Bertz CT molecular complexity index is 382. The third-order valence-electron chi connectivity index (χ3n) is 3.57. The topological polar surface area (TPSA) is 47.0 Å². The van der Waals surface area contributed by atoms with Gasteiger partial charge in [0.25, 0.3) is 0 Å². The van der Waals surface area contributed by atoms with Crippen molar-refractivity contribution >= 4 is 0 Å². The predicted octanol–water partition coefficient (Wildman–Crippen LogP) is 2.86. The predicted molar refractivity (Wildman–Crippen MR) is 76.3 cm³/mol. The normalized spacial score (nSPS) is 14.2. The molecule has 0 amide bonds. The molecule has 0 saturated heterocycles. The second-order valence-electron chi connectivity index (χ2n) is 5.15. The summed E-state index contributed by atoms with van der Waals surface area (Å²) in [5, 5.41) is 3.35. The van der Waals surface area contributed by atoms with Crippen LogP contribution in [0.4, 0.5) is 0 Å². The maximum absolute atomic E-state index is 5.82. The van der Waals surface area contributed by atoms with Crippen molar-refractivity contribution in [3.8, 4) is 5.88 Å². The summed E-state index contributed by atoms with van der Waals surface area (Å²) < 4.78 is 5.82. The number of rotatable bonds is 8. The summed E-state index contributed by atoms with van der Waals surface area (Å²) in [5.41, 5.74) is 2.30. The molecule has 1 aromatic heterocycles. The van der Waals surface area contributed by atoms with Crippen LogP contribution >= 0.6 is 0 Å². The van der Waals surface area contributed by atoms with Crippen LogP contribution in [0.25, 0.3) is 0 Å². The molecule has 4 heteroatoms. The highest BCUT2D eigenvalue weighted by atomic mass is 16.5. The third-order valence-corrected chi connectivity index (χ3v) is 3.57. The maximum Gasteiger partial charge on any atom is 0.221 e. The molecule has 1 aromatic rings. The van der Waals surface area contributed by atoms with Crippen molar-refractivity contribution in [3.63, 3.8) is 0 Å². The molecule has 1 aliphatic rings. The van der Waals surface area contributed by atoms with Crippen LogP contribution in [0.2, 0.25) is 0 Å². The van der Waals surface area contributed by atoms with E-state index in [1.165, 1.54) is 32.1 Å². The smallest absolute Gasteiger partial charge is 0.221 e. The standard InChI is InChI=1S/C15H25N3O/c1-2-3-4-5-6-7-10-19-15-13-11-16-9-8-14(13)17-12-18-15/h12,16H,2-11H2,1H3. The Kier molecular flexibility index (Phi) is 6.08. The number of fused-ring (bicyclic) bond motifs is 1. The molecular formula is C15H25N3O. The summed E-state index contributed by atoms with van der Waals surface area (Å²) in [6.45, 7) is 4.86. The molecule has 0 radical (unpaired) electrons. The molecule has 1 aliphatic heterocycles. The van der Waals surface area contributed by atoms with Crippen LogP contribution < -0.4 is 10.1 Å². The molecule has 2 heterocycles. The second-order valence-corrected chi connectivity index (χ2v) is 5.15. The van der Waals surface area contributed by atoms with Gasteiger partial charge in [0.05, 0.1) is 12.3 Å². The van der Waals surface area contributed by atoms with Crippen molar-refractivity contribution in [2.75, 3.05) is 13.2 Å². The van der Waals surface area contributed by atoms with Crippen molar-refractivity contribution in [3.05, 3.63) is 17.6 Å². The van der Waals surface area contributed by atoms with Gasteiger partial charge in [-0.2, -0.15) is 0 Å². The molecule has 0 saturated carbocycles. The molecule has 0 aliphatic carbocycles. The van der Waals surface area contributed by atoms with E-state index >= 15 is 0 Å². The van der Waals surface area contributed by atoms with Gasteiger partial charge in [-0.25, -0.2) is 9.97 Å². The molecule has 0 fully saturated rings. The number of ether oxygens (including phenoxy) is 1. The van der Waals surface area contributed by atoms with Gasteiger partial charge in [0.1, 0.15) is 6.33 Å². The monoisotopic (exact) mass is 263 g/mol. The molecular weight excluding hydrogens is 238 g/mol. The largest absolute Gasteiger partial charge is 0.477 e. The van der Waals surface area contributed by atoms with Crippen molar-refractivity contribution in [1.29, 1.82) is 0 Å². The fraction of sp³-hybridized carbons (Fsp3) is 0.733. The highest BCUT2D eigenvalue weighted by Crippen LogP contribution is 2.20.